The number of benzene rings is 2. The molecule has 0 bridgehead atoms. The Labute approximate surface area is 135 Å². The summed E-state index contributed by atoms with van der Waals surface area (Å²) in [5.74, 6) is -1.16. The largest absolute Gasteiger partial charge is 0.287 e. The van der Waals surface area contributed by atoms with Gasteiger partial charge in [-0.2, -0.15) is 4.68 Å². The first-order chi connectivity index (χ1) is 11.8. The lowest BCUT2D eigenvalue weighted by Crippen LogP contribution is -2.08. The van der Waals surface area contributed by atoms with Crippen molar-refractivity contribution in [2.75, 3.05) is 0 Å². The van der Waals surface area contributed by atoms with Crippen LogP contribution >= 0.6 is 0 Å². The zero-order valence-corrected chi connectivity index (χ0v) is 12.3. The van der Waals surface area contributed by atoms with Crippen molar-refractivity contribution < 1.29 is 9.18 Å². The van der Waals surface area contributed by atoms with Gasteiger partial charge in [-0.1, -0.05) is 35.5 Å². The number of para-hydroxylation sites is 1. The van der Waals surface area contributed by atoms with Crippen LogP contribution in [0, 0.1) is 5.82 Å². The molecule has 0 aliphatic heterocycles. The van der Waals surface area contributed by atoms with Gasteiger partial charge in [0, 0.05) is 0 Å². The number of ketones is 1. The van der Waals surface area contributed by atoms with Gasteiger partial charge in [-0.25, -0.2) is 14.4 Å². The van der Waals surface area contributed by atoms with Crippen molar-refractivity contribution in [3.63, 3.8) is 0 Å². The van der Waals surface area contributed by atoms with E-state index in [1.54, 1.807) is 6.07 Å². The molecule has 0 unspecified atom stereocenters. The number of carbonyl (C=O) groups excluding carboxylic acids is 1. The summed E-state index contributed by atoms with van der Waals surface area (Å²) in [7, 11) is 0. The van der Waals surface area contributed by atoms with Crippen LogP contribution in [0.15, 0.2) is 60.9 Å². The van der Waals surface area contributed by atoms with Crippen LogP contribution in [0.3, 0.4) is 0 Å². The summed E-state index contributed by atoms with van der Waals surface area (Å²) in [5, 5.41) is 8.06. The van der Waals surface area contributed by atoms with E-state index in [4.69, 9.17) is 0 Å². The monoisotopic (exact) mass is 319 g/mol. The molecular formula is C17H10FN5O. The highest BCUT2D eigenvalue weighted by Gasteiger charge is 2.21. The van der Waals surface area contributed by atoms with Gasteiger partial charge < -0.3 is 0 Å². The Hall–Kier alpha value is -3.48. The molecule has 4 aromatic rings. The number of hydrogen-bond donors (Lipinski definition) is 0. The topological polar surface area (TPSA) is 73.6 Å². The summed E-state index contributed by atoms with van der Waals surface area (Å²) >= 11 is 0. The summed E-state index contributed by atoms with van der Waals surface area (Å²) < 4.78 is 15.4. The van der Waals surface area contributed by atoms with Crippen LogP contribution in [0.5, 0.6) is 0 Å². The fourth-order valence-corrected chi connectivity index (χ4v) is 2.43. The molecule has 0 aliphatic carbocycles. The maximum absolute atomic E-state index is 13.9. The predicted molar refractivity (Wildman–Crippen MR) is 84.3 cm³/mol. The smallest absolute Gasteiger partial charge is 0.216 e. The standard InChI is InChI=1S/C17H10FN5O/c18-13-9-5-4-8-12(13)16(24)14-15-17(20-10-19-14)23(22-21-15)11-6-2-1-3-7-11/h1-10H. The third-order valence-electron chi connectivity index (χ3n) is 3.57. The van der Waals surface area contributed by atoms with Crippen LogP contribution in [-0.2, 0) is 0 Å². The maximum Gasteiger partial charge on any atom is 0.216 e. The normalized spacial score (nSPS) is 10.9. The third-order valence-corrected chi connectivity index (χ3v) is 3.57. The van der Waals surface area contributed by atoms with E-state index in [2.05, 4.69) is 20.3 Å². The van der Waals surface area contributed by atoms with E-state index >= 15 is 0 Å². The summed E-state index contributed by atoms with van der Waals surface area (Å²) in [5.41, 5.74) is 1.33. The summed E-state index contributed by atoms with van der Waals surface area (Å²) in [6, 6.07) is 15.0. The lowest BCUT2D eigenvalue weighted by molar-refractivity contribution is 0.103. The Morgan fingerprint density at radius 2 is 1.71 bits per heavy atom. The van der Waals surface area contributed by atoms with Crippen LogP contribution in [0.2, 0.25) is 0 Å². The second kappa shape index (κ2) is 5.62. The van der Waals surface area contributed by atoms with Gasteiger partial charge in [0.1, 0.15) is 17.8 Å². The highest BCUT2D eigenvalue weighted by Crippen LogP contribution is 2.19. The molecule has 6 nitrogen and oxygen atoms in total. The van der Waals surface area contributed by atoms with Crippen molar-refractivity contribution in [2.24, 2.45) is 0 Å². The quantitative estimate of drug-likeness (QED) is 0.543. The minimum Gasteiger partial charge on any atom is -0.287 e. The molecule has 0 atom stereocenters. The van der Waals surface area contributed by atoms with Crippen LogP contribution < -0.4 is 0 Å². The number of hydrogen-bond acceptors (Lipinski definition) is 5. The van der Waals surface area contributed by atoms with Crippen LogP contribution in [0.25, 0.3) is 16.9 Å². The molecule has 4 rings (SSSR count). The number of nitrogens with zero attached hydrogens (tertiary/aromatic N) is 5. The minimum atomic E-state index is -0.607. The lowest BCUT2D eigenvalue weighted by Gasteiger charge is -2.03. The molecule has 24 heavy (non-hydrogen) atoms. The molecule has 0 saturated heterocycles. The van der Waals surface area contributed by atoms with Gasteiger partial charge in [0.25, 0.3) is 0 Å². The highest BCUT2D eigenvalue weighted by molar-refractivity contribution is 6.13. The van der Waals surface area contributed by atoms with Gasteiger partial charge in [0.05, 0.1) is 11.3 Å². The number of fused-ring (bicyclic) bond motifs is 1. The molecule has 116 valence electrons. The summed E-state index contributed by atoms with van der Waals surface area (Å²) in [6.45, 7) is 0. The zero-order valence-electron chi connectivity index (χ0n) is 12.3. The number of aromatic nitrogens is 5. The molecule has 0 aliphatic rings. The molecule has 7 heteroatoms. The molecule has 2 heterocycles. The first-order valence-corrected chi connectivity index (χ1v) is 7.17. The molecule has 2 aromatic carbocycles. The highest BCUT2D eigenvalue weighted by atomic mass is 19.1. The zero-order chi connectivity index (χ0) is 16.5. The van der Waals surface area contributed by atoms with E-state index in [-0.39, 0.29) is 16.8 Å². The van der Waals surface area contributed by atoms with E-state index in [9.17, 15) is 9.18 Å². The van der Waals surface area contributed by atoms with Crippen molar-refractivity contribution in [3.05, 3.63) is 78.0 Å². The van der Waals surface area contributed by atoms with Crippen molar-refractivity contribution in [2.45, 2.75) is 0 Å². The maximum atomic E-state index is 13.9. The Bertz CT molecular complexity index is 1050. The Morgan fingerprint density at radius 1 is 0.958 bits per heavy atom. The second-order valence-electron chi connectivity index (χ2n) is 5.04. The van der Waals surface area contributed by atoms with Gasteiger partial charge in [-0.05, 0) is 24.3 Å². The van der Waals surface area contributed by atoms with Crippen LogP contribution in [-0.4, -0.2) is 30.7 Å². The molecule has 0 saturated carbocycles. The number of carbonyl (C=O) groups is 1. The number of halogens is 1. The van der Waals surface area contributed by atoms with Crippen LogP contribution in [0.4, 0.5) is 4.39 Å². The molecule has 0 radical (unpaired) electrons. The van der Waals surface area contributed by atoms with Gasteiger partial charge in [-0.3, -0.25) is 4.79 Å². The van der Waals surface area contributed by atoms with Crippen molar-refractivity contribution in [1.82, 2.24) is 25.0 Å². The van der Waals surface area contributed by atoms with Gasteiger partial charge in [0.2, 0.25) is 5.78 Å². The van der Waals surface area contributed by atoms with E-state index in [0.717, 1.165) is 5.69 Å². The third kappa shape index (κ3) is 2.23. The molecule has 0 N–H and O–H groups in total. The van der Waals surface area contributed by atoms with E-state index in [1.807, 2.05) is 30.3 Å². The molecule has 0 amide bonds. The van der Waals surface area contributed by atoms with E-state index < -0.39 is 11.6 Å². The van der Waals surface area contributed by atoms with Crippen LogP contribution in [0.1, 0.15) is 16.1 Å². The Balaban J connectivity index is 1.88. The molecule has 0 fully saturated rings. The van der Waals surface area contributed by atoms with E-state index in [1.165, 1.54) is 29.2 Å². The summed E-state index contributed by atoms with van der Waals surface area (Å²) in [4.78, 5) is 20.8. The average Bonchev–Trinajstić information content (AvgIpc) is 3.06. The SMILES string of the molecule is O=C(c1ccccc1F)c1ncnc2c1nnn2-c1ccccc1. The van der Waals surface area contributed by atoms with Gasteiger partial charge >= 0.3 is 0 Å². The summed E-state index contributed by atoms with van der Waals surface area (Å²) in [6.07, 6.45) is 1.25. The number of rotatable bonds is 3. The lowest BCUT2D eigenvalue weighted by atomic mass is 10.1. The molecule has 2 aromatic heterocycles. The second-order valence-corrected chi connectivity index (χ2v) is 5.04. The average molecular weight is 319 g/mol. The van der Waals surface area contributed by atoms with Gasteiger partial charge in [-0.15, -0.1) is 5.10 Å². The minimum absolute atomic E-state index is 0.0206. The molecule has 0 spiro atoms. The van der Waals surface area contributed by atoms with E-state index in [0.29, 0.717) is 5.65 Å². The van der Waals surface area contributed by atoms with Crippen molar-refractivity contribution in [3.8, 4) is 5.69 Å². The fourth-order valence-electron chi connectivity index (χ4n) is 2.43. The predicted octanol–water partition coefficient (Wildman–Crippen LogP) is 2.58. The first kappa shape index (κ1) is 14.1. The first-order valence-electron chi connectivity index (χ1n) is 7.17. The molecular weight excluding hydrogens is 309 g/mol. The fraction of sp³-hybridized carbons (Fsp3) is 0. The van der Waals surface area contributed by atoms with Crippen molar-refractivity contribution >= 4 is 16.9 Å². The Kier molecular flexibility index (Phi) is 3.31. The Morgan fingerprint density at radius 3 is 2.50 bits per heavy atom. The van der Waals surface area contributed by atoms with Crippen molar-refractivity contribution in [1.29, 1.82) is 0 Å². The van der Waals surface area contributed by atoms with Gasteiger partial charge in [0.15, 0.2) is 11.2 Å².